The number of hydrogen-bond acceptors (Lipinski definition) is 6. The van der Waals surface area contributed by atoms with Gasteiger partial charge in [-0.2, -0.15) is 4.98 Å². The molecule has 0 aliphatic carbocycles. The quantitative estimate of drug-likeness (QED) is 0.834. The van der Waals surface area contributed by atoms with Crippen molar-refractivity contribution in [3.8, 4) is 0 Å². The summed E-state index contributed by atoms with van der Waals surface area (Å²) in [6, 6.07) is 9.13. The highest BCUT2D eigenvalue weighted by molar-refractivity contribution is 5.83. The summed E-state index contributed by atoms with van der Waals surface area (Å²) >= 11 is 0. The van der Waals surface area contributed by atoms with E-state index in [2.05, 4.69) is 10.1 Å². The summed E-state index contributed by atoms with van der Waals surface area (Å²) in [5, 5.41) is 3.83. The lowest BCUT2D eigenvalue weighted by atomic mass is 10.1. The average Bonchev–Trinajstić information content (AvgIpc) is 3.22. The van der Waals surface area contributed by atoms with Crippen molar-refractivity contribution >= 4 is 5.91 Å². The first-order valence-electron chi connectivity index (χ1n) is 7.85. The lowest BCUT2D eigenvalue weighted by Crippen LogP contribution is -2.36. The van der Waals surface area contributed by atoms with Gasteiger partial charge in [0.15, 0.2) is 11.9 Å². The molecule has 2 heterocycles. The van der Waals surface area contributed by atoms with Crippen molar-refractivity contribution < 1.29 is 18.8 Å². The minimum absolute atomic E-state index is 0.0700. The van der Waals surface area contributed by atoms with E-state index in [1.54, 1.807) is 18.9 Å². The van der Waals surface area contributed by atoms with E-state index in [1.165, 1.54) is 7.11 Å². The van der Waals surface area contributed by atoms with Crippen LogP contribution in [0.3, 0.4) is 0 Å². The highest BCUT2D eigenvalue weighted by Gasteiger charge is 2.42. The Morgan fingerprint density at radius 2 is 2.08 bits per heavy atom. The molecular weight excluding hydrogens is 310 g/mol. The van der Waals surface area contributed by atoms with Gasteiger partial charge >= 0.3 is 0 Å². The fourth-order valence-corrected chi connectivity index (χ4v) is 3.05. The van der Waals surface area contributed by atoms with Crippen molar-refractivity contribution in [2.75, 3.05) is 20.8 Å². The minimum atomic E-state index is -0.673. The Kier molecular flexibility index (Phi) is 4.92. The number of benzene rings is 1. The molecule has 1 aromatic carbocycles. The number of carbonyl (C=O) groups excluding carboxylic acids is 1. The van der Waals surface area contributed by atoms with E-state index >= 15 is 0 Å². The van der Waals surface area contributed by atoms with E-state index in [-0.39, 0.29) is 18.1 Å². The first-order chi connectivity index (χ1) is 11.6. The summed E-state index contributed by atoms with van der Waals surface area (Å²) < 4.78 is 16.2. The van der Waals surface area contributed by atoms with Gasteiger partial charge < -0.3 is 18.9 Å². The third-order valence-corrected chi connectivity index (χ3v) is 4.27. The summed E-state index contributed by atoms with van der Waals surface area (Å²) in [7, 11) is 3.17. The molecule has 1 aliphatic rings. The zero-order chi connectivity index (χ0) is 17.1. The number of methoxy groups -OCH3 is 2. The third-order valence-electron chi connectivity index (χ3n) is 4.27. The van der Waals surface area contributed by atoms with Gasteiger partial charge in [-0.25, -0.2) is 0 Å². The maximum atomic E-state index is 13.1. The summed E-state index contributed by atoms with van der Waals surface area (Å²) in [6.07, 6.45) is -0.123. The van der Waals surface area contributed by atoms with Crippen molar-refractivity contribution in [2.45, 2.75) is 31.6 Å². The maximum Gasteiger partial charge on any atom is 0.257 e. The Morgan fingerprint density at radius 1 is 1.33 bits per heavy atom. The minimum Gasteiger partial charge on any atom is -0.380 e. The summed E-state index contributed by atoms with van der Waals surface area (Å²) in [5.41, 5.74) is 0.811. The summed E-state index contributed by atoms with van der Waals surface area (Å²) in [4.78, 5) is 19.1. The van der Waals surface area contributed by atoms with Gasteiger partial charge in [-0.05, 0) is 12.5 Å². The zero-order valence-corrected chi connectivity index (χ0v) is 14.0. The standard InChI is InChI=1S/C17H21N3O4/c1-11-18-16(24-19-11)14-9-13(22-2)10-20(14)17(21)15(23-3)12-7-5-4-6-8-12/h4-8,13-15H,9-10H2,1-3H3/t13-,14-,15+/m1/s1. The van der Waals surface area contributed by atoms with Gasteiger partial charge in [0.25, 0.3) is 5.91 Å². The topological polar surface area (TPSA) is 77.7 Å². The highest BCUT2D eigenvalue weighted by Crippen LogP contribution is 2.35. The first kappa shape index (κ1) is 16.6. The normalized spacial score (nSPS) is 21.9. The van der Waals surface area contributed by atoms with Crippen LogP contribution in [0.5, 0.6) is 0 Å². The first-order valence-corrected chi connectivity index (χ1v) is 7.85. The van der Waals surface area contributed by atoms with Crippen LogP contribution in [-0.2, 0) is 14.3 Å². The molecule has 2 aromatic rings. The number of rotatable bonds is 5. The number of nitrogens with zero attached hydrogens (tertiary/aromatic N) is 3. The van der Waals surface area contributed by atoms with Gasteiger partial charge in [0.2, 0.25) is 5.89 Å². The molecule has 3 rings (SSSR count). The molecule has 0 radical (unpaired) electrons. The molecule has 24 heavy (non-hydrogen) atoms. The lowest BCUT2D eigenvalue weighted by molar-refractivity contribution is -0.144. The molecule has 1 saturated heterocycles. The van der Waals surface area contributed by atoms with E-state index in [4.69, 9.17) is 14.0 Å². The number of ether oxygens (including phenoxy) is 2. The number of aryl methyl sites for hydroxylation is 1. The van der Waals surface area contributed by atoms with E-state index in [9.17, 15) is 4.79 Å². The Morgan fingerprint density at radius 3 is 2.67 bits per heavy atom. The van der Waals surface area contributed by atoms with Gasteiger partial charge in [-0.1, -0.05) is 35.5 Å². The van der Waals surface area contributed by atoms with Gasteiger partial charge in [0.1, 0.15) is 6.04 Å². The molecule has 3 atom stereocenters. The molecule has 1 aromatic heterocycles. The SMILES string of the molecule is CO[C@@H]1C[C@H](c2nc(C)no2)N(C(=O)[C@@H](OC)c2ccccc2)C1. The highest BCUT2D eigenvalue weighted by atomic mass is 16.5. The molecule has 0 unspecified atom stereocenters. The van der Waals surface area contributed by atoms with Crippen LogP contribution >= 0.6 is 0 Å². The number of amides is 1. The van der Waals surface area contributed by atoms with Crippen LogP contribution in [0.4, 0.5) is 0 Å². The molecule has 0 spiro atoms. The van der Waals surface area contributed by atoms with Crippen LogP contribution in [0.2, 0.25) is 0 Å². The average molecular weight is 331 g/mol. The largest absolute Gasteiger partial charge is 0.380 e. The van der Waals surface area contributed by atoms with Crippen LogP contribution < -0.4 is 0 Å². The number of aromatic nitrogens is 2. The van der Waals surface area contributed by atoms with Gasteiger partial charge in [-0.3, -0.25) is 4.79 Å². The molecule has 7 nitrogen and oxygen atoms in total. The van der Waals surface area contributed by atoms with E-state index < -0.39 is 6.10 Å². The fraction of sp³-hybridized carbons (Fsp3) is 0.471. The van der Waals surface area contributed by atoms with E-state index in [1.807, 2.05) is 30.3 Å². The predicted molar refractivity (Wildman–Crippen MR) is 85.1 cm³/mol. The lowest BCUT2D eigenvalue weighted by Gasteiger charge is -2.26. The molecule has 1 aliphatic heterocycles. The second-order valence-corrected chi connectivity index (χ2v) is 5.81. The van der Waals surface area contributed by atoms with Crippen molar-refractivity contribution in [2.24, 2.45) is 0 Å². The van der Waals surface area contributed by atoms with Crippen LogP contribution in [-0.4, -0.2) is 47.8 Å². The van der Waals surface area contributed by atoms with Gasteiger partial charge in [-0.15, -0.1) is 0 Å². The van der Waals surface area contributed by atoms with Crippen molar-refractivity contribution in [1.82, 2.24) is 15.0 Å². The van der Waals surface area contributed by atoms with Gasteiger partial charge in [0, 0.05) is 27.2 Å². The molecule has 7 heteroatoms. The van der Waals surface area contributed by atoms with Gasteiger partial charge in [0.05, 0.1) is 6.10 Å². The van der Waals surface area contributed by atoms with Crippen LogP contribution in [0.1, 0.15) is 35.8 Å². The molecule has 0 N–H and O–H groups in total. The van der Waals surface area contributed by atoms with Crippen LogP contribution in [0.25, 0.3) is 0 Å². The Labute approximate surface area is 140 Å². The smallest absolute Gasteiger partial charge is 0.257 e. The molecule has 0 bridgehead atoms. The maximum absolute atomic E-state index is 13.1. The van der Waals surface area contributed by atoms with Crippen LogP contribution in [0.15, 0.2) is 34.9 Å². The second-order valence-electron chi connectivity index (χ2n) is 5.81. The Balaban J connectivity index is 1.87. The molecule has 1 fully saturated rings. The predicted octanol–water partition coefficient (Wildman–Crippen LogP) is 2.05. The molecule has 1 amide bonds. The zero-order valence-electron chi connectivity index (χ0n) is 14.0. The van der Waals surface area contributed by atoms with Crippen molar-refractivity contribution in [3.05, 3.63) is 47.6 Å². The number of likely N-dealkylation sites (tertiary alicyclic amines) is 1. The summed E-state index contributed by atoms with van der Waals surface area (Å²) in [5.74, 6) is 0.844. The molecule has 128 valence electrons. The van der Waals surface area contributed by atoms with E-state index in [0.29, 0.717) is 24.7 Å². The molecule has 0 saturated carbocycles. The number of carbonyl (C=O) groups is 1. The van der Waals surface area contributed by atoms with Crippen molar-refractivity contribution in [1.29, 1.82) is 0 Å². The Bertz CT molecular complexity index is 688. The second kappa shape index (κ2) is 7.11. The fourth-order valence-electron chi connectivity index (χ4n) is 3.05. The van der Waals surface area contributed by atoms with E-state index in [0.717, 1.165) is 5.56 Å². The van der Waals surface area contributed by atoms with Crippen LogP contribution in [0, 0.1) is 6.92 Å². The Hall–Kier alpha value is -2.25. The number of hydrogen-bond donors (Lipinski definition) is 0. The summed E-state index contributed by atoms with van der Waals surface area (Å²) in [6.45, 7) is 2.22. The monoisotopic (exact) mass is 331 g/mol. The van der Waals surface area contributed by atoms with Crippen molar-refractivity contribution in [3.63, 3.8) is 0 Å². The third kappa shape index (κ3) is 3.18. The molecular formula is C17H21N3O4.